The number of hydrogen-bond donors (Lipinski definition) is 1. The number of thiazole rings is 1. The fourth-order valence-electron chi connectivity index (χ4n) is 2.31. The lowest BCUT2D eigenvalue weighted by Crippen LogP contribution is -2.52. The second kappa shape index (κ2) is 8.20. The summed E-state index contributed by atoms with van der Waals surface area (Å²) >= 11 is 1.45. The van der Waals surface area contributed by atoms with E-state index in [1.807, 2.05) is 5.38 Å². The SMILES string of the molecule is CC[C@@](C)(NC(=O)Cc1csc(Cc2ccc(F)cc2)n1)C(=O)OC. The molecule has 2 aromatic rings. The van der Waals surface area contributed by atoms with Gasteiger partial charge in [-0.3, -0.25) is 4.79 Å². The van der Waals surface area contributed by atoms with Crippen LogP contribution in [0.25, 0.3) is 0 Å². The number of amides is 1. The summed E-state index contributed by atoms with van der Waals surface area (Å²) in [7, 11) is 1.30. The maximum absolute atomic E-state index is 12.9. The first-order valence-electron chi connectivity index (χ1n) is 7.93. The molecule has 1 aromatic carbocycles. The number of carbonyl (C=O) groups excluding carboxylic acids is 2. The van der Waals surface area contributed by atoms with Crippen LogP contribution >= 0.6 is 11.3 Å². The monoisotopic (exact) mass is 364 g/mol. The molecule has 25 heavy (non-hydrogen) atoms. The molecule has 0 unspecified atom stereocenters. The van der Waals surface area contributed by atoms with E-state index in [0.29, 0.717) is 18.5 Å². The van der Waals surface area contributed by atoms with Crippen LogP contribution in [0.15, 0.2) is 29.6 Å². The van der Waals surface area contributed by atoms with Crippen LogP contribution in [0.4, 0.5) is 4.39 Å². The molecule has 0 fully saturated rings. The minimum Gasteiger partial charge on any atom is -0.467 e. The lowest BCUT2D eigenvalue weighted by Gasteiger charge is -2.26. The smallest absolute Gasteiger partial charge is 0.331 e. The Labute approximate surface area is 150 Å². The highest BCUT2D eigenvalue weighted by Gasteiger charge is 2.34. The Morgan fingerprint density at radius 2 is 2.00 bits per heavy atom. The molecule has 2 rings (SSSR count). The molecule has 0 saturated carbocycles. The number of nitrogens with one attached hydrogen (secondary N) is 1. The fourth-order valence-corrected chi connectivity index (χ4v) is 3.14. The second-order valence-electron chi connectivity index (χ2n) is 5.94. The van der Waals surface area contributed by atoms with E-state index in [2.05, 4.69) is 10.3 Å². The van der Waals surface area contributed by atoms with Crippen molar-refractivity contribution in [2.24, 2.45) is 0 Å². The number of methoxy groups -OCH3 is 1. The molecule has 1 heterocycles. The number of halogens is 1. The Balaban J connectivity index is 1.97. The highest BCUT2D eigenvalue weighted by atomic mass is 32.1. The summed E-state index contributed by atoms with van der Waals surface area (Å²) in [6.45, 7) is 3.44. The summed E-state index contributed by atoms with van der Waals surface area (Å²) in [6.07, 6.45) is 1.10. The van der Waals surface area contributed by atoms with Crippen molar-refractivity contribution in [2.45, 2.75) is 38.6 Å². The van der Waals surface area contributed by atoms with Crippen molar-refractivity contribution < 1.29 is 18.7 Å². The van der Waals surface area contributed by atoms with Crippen LogP contribution < -0.4 is 5.32 Å². The average molecular weight is 364 g/mol. The lowest BCUT2D eigenvalue weighted by atomic mass is 9.99. The van der Waals surface area contributed by atoms with Gasteiger partial charge in [-0.2, -0.15) is 0 Å². The molecule has 0 aliphatic carbocycles. The van der Waals surface area contributed by atoms with Gasteiger partial charge in [0.05, 0.1) is 24.2 Å². The lowest BCUT2D eigenvalue weighted by molar-refractivity contribution is -0.150. The largest absolute Gasteiger partial charge is 0.467 e. The van der Waals surface area contributed by atoms with Crippen molar-refractivity contribution >= 4 is 23.2 Å². The molecule has 0 saturated heterocycles. The van der Waals surface area contributed by atoms with Crippen molar-refractivity contribution in [1.82, 2.24) is 10.3 Å². The summed E-state index contributed by atoms with van der Waals surface area (Å²) in [5.41, 5.74) is 0.553. The van der Waals surface area contributed by atoms with Crippen LogP contribution in [-0.4, -0.2) is 29.5 Å². The van der Waals surface area contributed by atoms with E-state index in [4.69, 9.17) is 4.74 Å². The standard InChI is InChI=1S/C18H21FN2O3S/c1-4-18(2,17(23)24-3)21-15(22)10-14-11-25-16(20-14)9-12-5-7-13(19)8-6-12/h5-8,11H,4,9-10H2,1-3H3,(H,21,22)/t18-/m1/s1. The molecule has 0 aliphatic heterocycles. The van der Waals surface area contributed by atoms with Gasteiger partial charge in [0.25, 0.3) is 0 Å². The fraction of sp³-hybridized carbons (Fsp3) is 0.389. The molecule has 0 spiro atoms. The number of nitrogens with zero attached hydrogens (tertiary/aromatic N) is 1. The predicted molar refractivity (Wildman–Crippen MR) is 93.9 cm³/mol. The molecular weight excluding hydrogens is 343 g/mol. The minimum absolute atomic E-state index is 0.0898. The van der Waals surface area contributed by atoms with Gasteiger partial charge < -0.3 is 10.1 Å². The number of aromatic nitrogens is 1. The minimum atomic E-state index is -1.04. The molecule has 1 atom stereocenters. The Hall–Kier alpha value is -2.28. The normalized spacial score (nSPS) is 13.1. The van der Waals surface area contributed by atoms with Crippen molar-refractivity contribution in [2.75, 3.05) is 7.11 Å². The average Bonchev–Trinajstić information content (AvgIpc) is 3.02. The first-order chi connectivity index (χ1) is 11.9. The summed E-state index contributed by atoms with van der Waals surface area (Å²) < 4.78 is 17.7. The van der Waals surface area contributed by atoms with Crippen molar-refractivity contribution in [1.29, 1.82) is 0 Å². The van der Waals surface area contributed by atoms with Crippen molar-refractivity contribution in [3.8, 4) is 0 Å². The van der Waals surface area contributed by atoms with Crippen molar-refractivity contribution in [3.63, 3.8) is 0 Å². The molecule has 5 nitrogen and oxygen atoms in total. The summed E-state index contributed by atoms with van der Waals surface area (Å²) in [5.74, 6) is -1.03. The highest BCUT2D eigenvalue weighted by Crippen LogP contribution is 2.17. The molecule has 7 heteroatoms. The topological polar surface area (TPSA) is 68.3 Å². The number of carbonyl (C=O) groups is 2. The number of rotatable bonds is 7. The molecule has 1 aromatic heterocycles. The third-order valence-electron chi connectivity index (χ3n) is 3.97. The van der Waals surface area contributed by atoms with Crippen LogP contribution in [0.1, 0.15) is 36.5 Å². The number of esters is 1. The maximum Gasteiger partial charge on any atom is 0.331 e. The molecule has 0 aliphatic rings. The zero-order chi connectivity index (χ0) is 18.4. The van der Waals surface area contributed by atoms with Gasteiger partial charge in [-0.15, -0.1) is 11.3 Å². The van der Waals surface area contributed by atoms with Crippen LogP contribution in [0, 0.1) is 5.82 Å². The molecule has 0 radical (unpaired) electrons. The number of benzene rings is 1. The van der Waals surface area contributed by atoms with Crippen LogP contribution in [0.3, 0.4) is 0 Å². The molecule has 134 valence electrons. The van der Waals surface area contributed by atoms with Gasteiger partial charge in [-0.1, -0.05) is 19.1 Å². The summed E-state index contributed by atoms with van der Waals surface area (Å²) in [4.78, 5) is 28.5. The molecule has 1 N–H and O–H groups in total. The van der Waals surface area contributed by atoms with E-state index in [9.17, 15) is 14.0 Å². The van der Waals surface area contributed by atoms with Gasteiger partial charge >= 0.3 is 5.97 Å². The van der Waals surface area contributed by atoms with Crippen LogP contribution in [-0.2, 0) is 27.2 Å². The van der Waals surface area contributed by atoms with E-state index in [1.165, 1.54) is 30.6 Å². The zero-order valence-electron chi connectivity index (χ0n) is 14.5. The molecular formula is C18H21FN2O3S. The van der Waals surface area contributed by atoms with Gasteiger partial charge in [0.1, 0.15) is 11.4 Å². The highest BCUT2D eigenvalue weighted by molar-refractivity contribution is 7.09. The third-order valence-corrected chi connectivity index (χ3v) is 4.87. The molecule has 1 amide bonds. The van der Waals surface area contributed by atoms with Crippen LogP contribution in [0.5, 0.6) is 0 Å². The van der Waals surface area contributed by atoms with Gasteiger partial charge in [-0.05, 0) is 31.0 Å². The quantitative estimate of drug-likeness (QED) is 0.767. The van der Waals surface area contributed by atoms with E-state index in [0.717, 1.165) is 10.6 Å². The Bertz CT molecular complexity index is 745. The van der Waals surface area contributed by atoms with Gasteiger partial charge in [0.2, 0.25) is 5.91 Å². The number of hydrogen-bond acceptors (Lipinski definition) is 5. The Kier molecular flexibility index (Phi) is 6.25. The molecule has 0 bridgehead atoms. The summed E-state index contributed by atoms with van der Waals surface area (Å²) in [6, 6.07) is 6.25. The van der Waals surface area contributed by atoms with Crippen molar-refractivity contribution in [3.05, 3.63) is 51.7 Å². The van der Waals surface area contributed by atoms with Gasteiger partial charge in [0.15, 0.2) is 0 Å². The Morgan fingerprint density at radius 1 is 1.32 bits per heavy atom. The summed E-state index contributed by atoms with van der Waals surface area (Å²) in [5, 5.41) is 5.38. The van der Waals surface area contributed by atoms with E-state index in [1.54, 1.807) is 26.0 Å². The van der Waals surface area contributed by atoms with E-state index >= 15 is 0 Å². The number of ether oxygens (including phenoxy) is 1. The predicted octanol–water partition coefficient (Wildman–Crippen LogP) is 2.87. The van der Waals surface area contributed by atoms with E-state index < -0.39 is 11.5 Å². The maximum atomic E-state index is 12.9. The zero-order valence-corrected chi connectivity index (χ0v) is 15.3. The van der Waals surface area contributed by atoms with Crippen LogP contribution in [0.2, 0.25) is 0 Å². The van der Waals surface area contributed by atoms with E-state index in [-0.39, 0.29) is 18.1 Å². The first-order valence-corrected chi connectivity index (χ1v) is 8.81. The first kappa shape index (κ1) is 19.1. The van der Waals surface area contributed by atoms with Gasteiger partial charge in [-0.25, -0.2) is 14.2 Å². The second-order valence-corrected chi connectivity index (χ2v) is 6.88. The Morgan fingerprint density at radius 3 is 2.60 bits per heavy atom. The third kappa shape index (κ3) is 5.09. The van der Waals surface area contributed by atoms with Gasteiger partial charge in [0, 0.05) is 11.8 Å².